The molecule has 1 amide bonds. The number of alkyl halides is 3. The molecule has 0 bridgehead atoms. The van der Waals surface area contributed by atoms with Crippen LogP contribution < -0.4 is 10.3 Å². The predicted molar refractivity (Wildman–Crippen MR) is 144 cm³/mol. The first-order chi connectivity index (χ1) is 19.0. The normalized spacial score (nSPS) is 14.9. The number of carbonyl (C=O) groups excluding carboxylic acids is 1. The molecule has 0 atom stereocenters. The number of amides is 1. The van der Waals surface area contributed by atoms with Crippen LogP contribution in [0.1, 0.15) is 72.5 Å². The lowest BCUT2D eigenvalue weighted by Crippen LogP contribution is -2.40. The monoisotopic (exact) mass is 557 g/mol. The van der Waals surface area contributed by atoms with Gasteiger partial charge in [0, 0.05) is 24.4 Å². The van der Waals surface area contributed by atoms with Crippen LogP contribution in [-0.2, 0) is 24.6 Å². The van der Waals surface area contributed by atoms with Crippen LogP contribution in [0.15, 0.2) is 59.4 Å². The molecule has 214 valence electrons. The van der Waals surface area contributed by atoms with Crippen molar-refractivity contribution in [1.82, 2.24) is 14.9 Å². The van der Waals surface area contributed by atoms with Crippen LogP contribution in [0.25, 0.3) is 0 Å². The summed E-state index contributed by atoms with van der Waals surface area (Å²) in [4.78, 5) is 35.7. The third-order valence-corrected chi connectivity index (χ3v) is 7.45. The Kier molecular flexibility index (Phi) is 8.98. The first kappa shape index (κ1) is 29.3. The maximum absolute atomic E-state index is 13.6. The number of benzene rings is 2. The van der Waals surface area contributed by atoms with Gasteiger partial charge in [0.05, 0.1) is 12.2 Å². The van der Waals surface area contributed by atoms with Gasteiger partial charge in [0.15, 0.2) is 5.69 Å². The zero-order valence-electron chi connectivity index (χ0n) is 22.6. The average molecular weight is 558 g/mol. The molecule has 1 aliphatic carbocycles. The van der Waals surface area contributed by atoms with E-state index in [-0.39, 0.29) is 49.5 Å². The number of carbonyl (C=O) groups is 1. The van der Waals surface area contributed by atoms with Gasteiger partial charge in [0.2, 0.25) is 5.75 Å². The highest BCUT2D eigenvalue weighted by Gasteiger charge is 2.39. The molecule has 10 heteroatoms. The number of hydrogen-bond acceptors (Lipinski definition) is 5. The Hall–Kier alpha value is -3.66. The lowest BCUT2D eigenvalue weighted by molar-refractivity contribution is -0.137. The Morgan fingerprint density at radius 3 is 2.45 bits per heavy atom. The molecular weight excluding hydrogens is 523 g/mol. The maximum atomic E-state index is 13.6. The molecule has 2 N–H and O–H groups in total. The quantitative estimate of drug-likeness (QED) is 0.354. The molecule has 1 aliphatic rings. The standard InChI is InChI=1S/C30H34F3N3O4/c1-20(2)36(15-16-37)28(39)25-26(40-19-21-9-4-3-5-10-21)27(38)35-24(34-25)18-29(13-6-7-14-29)22-11-8-12-23(17-22)30(31,32)33/h3-5,8-12,17,20,37H,6-7,13-16,18-19H2,1-2H3,(H,34,35,38). The molecule has 7 nitrogen and oxygen atoms in total. The van der Waals surface area contributed by atoms with Crippen molar-refractivity contribution >= 4 is 5.91 Å². The van der Waals surface area contributed by atoms with Crippen LogP contribution >= 0.6 is 0 Å². The molecule has 1 saturated carbocycles. The second-order valence-corrected chi connectivity index (χ2v) is 10.5. The lowest BCUT2D eigenvalue weighted by atomic mass is 9.75. The minimum atomic E-state index is -4.48. The van der Waals surface area contributed by atoms with Gasteiger partial charge in [0.1, 0.15) is 12.4 Å². The molecule has 0 saturated heterocycles. The van der Waals surface area contributed by atoms with Gasteiger partial charge in [-0.25, -0.2) is 4.98 Å². The summed E-state index contributed by atoms with van der Waals surface area (Å²) in [5.74, 6) is -0.604. The number of H-pyrrole nitrogens is 1. The fourth-order valence-electron chi connectivity index (χ4n) is 5.40. The second kappa shape index (κ2) is 12.2. The molecular formula is C30H34F3N3O4. The number of aromatic nitrogens is 2. The zero-order chi connectivity index (χ0) is 28.9. The number of halogens is 3. The number of nitrogens with zero attached hydrogens (tertiary/aromatic N) is 2. The van der Waals surface area contributed by atoms with E-state index in [0.29, 0.717) is 18.4 Å². The third kappa shape index (κ3) is 6.55. The minimum Gasteiger partial charge on any atom is -0.481 e. The number of aliphatic hydroxyl groups is 1. The molecule has 1 heterocycles. The fourth-order valence-corrected chi connectivity index (χ4v) is 5.40. The highest BCUT2D eigenvalue weighted by Crippen LogP contribution is 2.44. The molecule has 40 heavy (non-hydrogen) atoms. The van der Waals surface area contributed by atoms with E-state index in [1.807, 2.05) is 30.3 Å². The summed E-state index contributed by atoms with van der Waals surface area (Å²) in [6.07, 6.45) is -1.44. The number of hydrogen-bond donors (Lipinski definition) is 2. The van der Waals surface area contributed by atoms with Gasteiger partial charge >= 0.3 is 6.18 Å². The Morgan fingerprint density at radius 1 is 1.12 bits per heavy atom. The van der Waals surface area contributed by atoms with E-state index >= 15 is 0 Å². The van der Waals surface area contributed by atoms with Gasteiger partial charge < -0.3 is 19.7 Å². The number of ether oxygens (including phenoxy) is 1. The van der Waals surface area contributed by atoms with Crippen LogP contribution in [0.4, 0.5) is 13.2 Å². The highest BCUT2D eigenvalue weighted by atomic mass is 19.4. The molecule has 1 aromatic heterocycles. The Labute approximate surface area is 231 Å². The number of aliphatic hydroxyl groups excluding tert-OH is 1. The van der Waals surface area contributed by atoms with E-state index in [4.69, 9.17) is 4.74 Å². The van der Waals surface area contributed by atoms with Crippen LogP contribution in [-0.4, -0.2) is 45.1 Å². The first-order valence-corrected chi connectivity index (χ1v) is 13.4. The van der Waals surface area contributed by atoms with Crippen molar-refractivity contribution in [3.63, 3.8) is 0 Å². The van der Waals surface area contributed by atoms with Crippen molar-refractivity contribution < 1.29 is 27.8 Å². The molecule has 0 radical (unpaired) electrons. The summed E-state index contributed by atoms with van der Waals surface area (Å²) in [7, 11) is 0. The highest BCUT2D eigenvalue weighted by molar-refractivity contribution is 5.95. The maximum Gasteiger partial charge on any atom is 0.416 e. The van der Waals surface area contributed by atoms with Gasteiger partial charge in [-0.1, -0.05) is 61.4 Å². The van der Waals surface area contributed by atoms with Crippen molar-refractivity contribution in [3.05, 3.63) is 93.2 Å². The van der Waals surface area contributed by atoms with Crippen molar-refractivity contribution in [2.24, 2.45) is 0 Å². The van der Waals surface area contributed by atoms with Gasteiger partial charge in [-0.05, 0) is 43.9 Å². The van der Waals surface area contributed by atoms with E-state index < -0.39 is 28.6 Å². The van der Waals surface area contributed by atoms with E-state index in [0.717, 1.165) is 24.5 Å². The van der Waals surface area contributed by atoms with Crippen LogP contribution in [0, 0.1) is 0 Å². The summed E-state index contributed by atoms with van der Waals surface area (Å²) in [5.41, 5.74) is -0.913. The smallest absolute Gasteiger partial charge is 0.416 e. The topological polar surface area (TPSA) is 95.5 Å². The van der Waals surface area contributed by atoms with Crippen molar-refractivity contribution in [3.8, 4) is 5.75 Å². The molecule has 0 aliphatic heterocycles. The molecule has 3 aromatic rings. The summed E-state index contributed by atoms with van der Waals surface area (Å²) in [6, 6.07) is 14.2. The van der Waals surface area contributed by atoms with Crippen LogP contribution in [0.2, 0.25) is 0 Å². The minimum absolute atomic E-state index is 0.0288. The van der Waals surface area contributed by atoms with Gasteiger partial charge in [-0.2, -0.15) is 13.2 Å². The van der Waals surface area contributed by atoms with Crippen molar-refractivity contribution in [2.45, 2.75) is 70.2 Å². The van der Waals surface area contributed by atoms with Crippen molar-refractivity contribution in [1.29, 1.82) is 0 Å². The molecule has 0 spiro atoms. The third-order valence-electron chi connectivity index (χ3n) is 7.45. The largest absolute Gasteiger partial charge is 0.481 e. The molecule has 2 aromatic carbocycles. The van der Waals surface area contributed by atoms with Gasteiger partial charge in [-0.15, -0.1) is 0 Å². The predicted octanol–water partition coefficient (Wildman–Crippen LogP) is 5.27. The fraction of sp³-hybridized carbons (Fsp3) is 0.433. The van der Waals surface area contributed by atoms with Gasteiger partial charge in [0.25, 0.3) is 11.5 Å². The van der Waals surface area contributed by atoms with Gasteiger partial charge in [-0.3, -0.25) is 9.59 Å². The lowest BCUT2D eigenvalue weighted by Gasteiger charge is -2.30. The molecule has 0 unspecified atom stereocenters. The summed E-state index contributed by atoms with van der Waals surface area (Å²) in [5, 5.41) is 9.55. The van der Waals surface area contributed by atoms with Crippen LogP contribution in [0.5, 0.6) is 5.75 Å². The second-order valence-electron chi connectivity index (χ2n) is 10.5. The van der Waals surface area contributed by atoms with Crippen molar-refractivity contribution in [2.75, 3.05) is 13.2 Å². The Bertz CT molecular complexity index is 1370. The van der Waals surface area contributed by atoms with E-state index in [9.17, 15) is 27.9 Å². The Balaban J connectivity index is 1.76. The van der Waals surface area contributed by atoms with E-state index in [1.165, 1.54) is 17.0 Å². The first-order valence-electron chi connectivity index (χ1n) is 13.4. The summed E-state index contributed by atoms with van der Waals surface area (Å²) < 4.78 is 46.4. The SMILES string of the molecule is CC(C)N(CCO)C(=O)c1nc(CC2(c3cccc(C(F)(F)F)c3)CCCC2)[nH]c(=O)c1OCc1ccccc1. The molecule has 1 fully saturated rings. The Morgan fingerprint density at radius 2 is 1.82 bits per heavy atom. The van der Waals surface area contributed by atoms with Crippen LogP contribution in [0.3, 0.4) is 0 Å². The number of nitrogens with one attached hydrogen (secondary N) is 1. The molecule has 4 rings (SSSR count). The van der Waals surface area contributed by atoms with E-state index in [2.05, 4.69) is 9.97 Å². The zero-order valence-corrected chi connectivity index (χ0v) is 22.6. The summed E-state index contributed by atoms with van der Waals surface area (Å²) >= 11 is 0. The average Bonchev–Trinajstić information content (AvgIpc) is 3.40. The number of rotatable bonds is 10. The summed E-state index contributed by atoms with van der Waals surface area (Å²) in [6.45, 7) is 3.35. The number of aromatic amines is 1. The van der Waals surface area contributed by atoms with E-state index in [1.54, 1.807) is 19.9 Å².